The summed E-state index contributed by atoms with van der Waals surface area (Å²) in [5.41, 5.74) is 6.47. The fraction of sp³-hybridized carbons (Fsp3) is 0.500. The lowest BCUT2D eigenvalue weighted by molar-refractivity contribution is 0.386. The molecular formula is C12H16FNO. The summed E-state index contributed by atoms with van der Waals surface area (Å²) < 4.78 is 13.7. The topological polar surface area (TPSA) is 46.2 Å². The molecule has 3 N–H and O–H groups in total. The average Bonchev–Trinajstić information content (AvgIpc) is 2.60. The van der Waals surface area contributed by atoms with E-state index in [0.29, 0.717) is 11.1 Å². The molecule has 0 aromatic heterocycles. The van der Waals surface area contributed by atoms with E-state index in [-0.39, 0.29) is 11.6 Å². The van der Waals surface area contributed by atoms with Crippen molar-refractivity contribution in [1.29, 1.82) is 0 Å². The van der Waals surface area contributed by atoms with Gasteiger partial charge >= 0.3 is 0 Å². The van der Waals surface area contributed by atoms with E-state index in [0.717, 1.165) is 25.7 Å². The second-order valence-electron chi connectivity index (χ2n) is 4.45. The predicted molar refractivity (Wildman–Crippen MR) is 57.1 cm³/mol. The van der Waals surface area contributed by atoms with Gasteiger partial charge in [-0.2, -0.15) is 0 Å². The van der Waals surface area contributed by atoms with Gasteiger partial charge in [0.05, 0.1) is 0 Å². The van der Waals surface area contributed by atoms with Gasteiger partial charge in [-0.05, 0) is 31.4 Å². The Morgan fingerprint density at radius 2 is 1.93 bits per heavy atom. The van der Waals surface area contributed by atoms with E-state index in [1.54, 1.807) is 13.0 Å². The van der Waals surface area contributed by atoms with Crippen LogP contribution in [-0.2, 0) is 5.54 Å². The number of hydrogen-bond donors (Lipinski definition) is 2. The van der Waals surface area contributed by atoms with E-state index in [2.05, 4.69) is 0 Å². The van der Waals surface area contributed by atoms with E-state index in [4.69, 9.17) is 5.73 Å². The molecule has 1 aromatic carbocycles. The van der Waals surface area contributed by atoms with Crippen molar-refractivity contribution in [2.24, 2.45) is 5.73 Å². The molecule has 0 bridgehead atoms. The molecule has 2 nitrogen and oxygen atoms in total. The molecule has 1 saturated carbocycles. The lowest BCUT2D eigenvalue weighted by atomic mass is 9.87. The van der Waals surface area contributed by atoms with Crippen molar-refractivity contribution in [2.45, 2.75) is 38.1 Å². The Morgan fingerprint density at radius 3 is 2.53 bits per heavy atom. The monoisotopic (exact) mass is 209 g/mol. The average molecular weight is 209 g/mol. The first-order valence-corrected chi connectivity index (χ1v) is 5.32. The summed E-state index contributed by atoms with van der Waals surface area (Å²) in [5, 5.41) is 9.88. The van der Waals surface area contributed by atoms with E-state index in [9.17, 15) is 9.50 Å². The zero-order valence-corrected chi connectivity index (χ0v) is 8.89. The second-order valence-corrected chi connectivity index (χ2v) is 4.45. The molecule has 1 aliphatic rings. The molecule has 0 aliphatic heterocycles. The summed E-state index contributed by atoms with van der Waals surface area (Å²) in [6.07, 6.45) is 3.51. The van der Waals surface area contributed by atoms with Crippen LogP contribution in [0.5, 0.6) is 5.75 Å². The van der Waals surface area contributed by atoms with Crippen molar-refractivity contribution in [2.75, 3.05) is 0 Å². The maximum absolute atomic E-state index is 13.7. The van der Waals surface area contributed by atoms with Crippen LogP contribution in [0.3, 0.4) is 0 Å². The SMILES string of the molecule is Cc1ccc(F)c(C2(N)CCCC2)c1O. The Kier molecular flexibility index (Phi) is 2.43. The van der Waals surface area contributed by atoms with Crippen LogP contribution in [0.2, 0.25) is 0 Å². The van der Waals surface area contributed by atoms with Crippen molar-refractivity contribution in [1.82, 2.24) is 0 Å². The zero-order valence-electron chi connectivity index (χ0n) is 8.89. The first kappa shape index (κ1) is 10.4. The van der Waals surface area contributed by atoms with E-state index in [1.165, 1.54) is 6.07 Å². The number of phenolic OH excluding ortho intramolecular Hbond substituents is 1. The number of phenols is 1. The lowest BCUT2D eigenvalue weighted by Gasteiger charge is -2.26. The molecule has 82 valence electrons. The summed E-state index contributed by atoms with van der Waals surface area (Å²) >= 11 is 0. The van der Waals surface area contributed by atoms with Crippen LogP contribution in [-0.4, -0.2) is 5.11 Å². The maximum Gasteiger partial charge on any atom is 0.131 e. The number of aryl methyl sites for hydroxylation is 1. The third-order valence-electron chi connectivity index (χ3n) is 3.32. The normalized spacial score (nSPS) is 19.4. The number of benzene rings is 1. The van der Waals surface area contributed by atoms with Crippen molar-refractivity contribution in [3.05, 3.63) is 29.1 Å². The van der Waals surface area contributed by atoms with Gasteiger partial charge in [0, 0.05) is 11.1 Å². The Labute approximate surface area is 88.9 Å². The molecular weight excluding hydrogens is 193 g/mol. The number of aromatic hydroxyl groups is 1. The first-order valence-electron chi connectivity index (χ1n) is 5.32. The highest BCUT2D eigenvalue weighted by Gasteiger charge is 2.36. The highest BCUT2D eigenvalue weighted by atomic mass is 19.1. The maximum atomic E-state index is 13.7. The molecule has 0 atom stereocenters. The van der Waals surface area contributed by atoms with Crippen molar-refractivity contribution < 1.29 is 9.50 Å². The van der Waals surface area contributed by atoms with Crippen LogP contribution in [0.1, 0.15) is 36.8 Å². The first-order chi connectivity index (χ1) is 7.04. The molecule has 0 heterocycles. The number of hydrogen-bond acceptors (Lipinski definition) is 2. The minimum absolute atomic E-state index is 0.0272. The minimum atomic E-state index is -0.666. The molecule has 0 unspecified atom stereocenters. The Morgan fingerprint density at radius 1 is 1.33 bits per heavy atom. The lowest BCUT2D eigenvalue weighted by Crippen LogP contribution is -2.34. The van der Waals surface area contributed by atoms with Gasteiger partial charge in [0.15, 0.2) is 0 Å². The van der Waals surface area contributed by atoms with Crippen LogP contribution >= 0.6 is 0 Å². The minimum Gasteiger partial charge on any atom is -0.507 e. The van der Waals surface area contributed by atoms with Gasteiger partial charge in [-0.3, -0.25) is 0 Å². The van der Waals surface area contributed by atoms with Gasteiger partial charge in [0.25, 0.3) is 0 Å². The highest BCUT2D eigenvalue weighted by molar-refractivity contribution is 5.45. The largest absolute Gasteiger partial charge is 0.507 e. The molecule has 15 heavy (non-hydrogen) atoms. The predicted octanol–water partition coefficient (Wildman–Crippen LogP) is 2.57. The van der Waals surface area contributed by atoms with Gasteiger partial charge in [-0.1, -0.05) is 18.9 Å². The Bertz CT molecular complexity index is 383. The van der Waals surface area contributed by atoms with Gasteiger partial charge < -0.3 is 10.8 Å². The number of rotatable bonds is 1. The molecule has 0 amide bonds. The highest BCUT2D eigenvalue weighted by Crippen LogP contribution is 2.42. The van der Waals surface area contributed by atoms with Crippen LogP contribution in [0, 0.1) is 12.7 Å². The number of halogens is 1. The molecule has 1 fully saturated rings. The molecule has 2 rings (SSSR count). The quantitative estimate of drug-likeness (QED) is 0.746. The standard InChI is InChI=1S/C12H16FNO/c1-8-4-5-9(13)10(11(8)15)12(14)6-2-3-7-12/h4-5,15H,2-3,6-7,14H2,1H3. The smallest absolute Gasteiger partial charge is 0.131 e. The summed E-state index contributed by atoms with van der Waals surface area (Å²) in [5.74, 6) is -0.359. The molecule has 1 aliphatic carbocycles. The van der Waals surface area contributed by atoms with E-state index in [1.807, 2.05) is 0 Å². The third kappa shape index (κ3) is 1.61. The fourth-order valence-electron chi connectivity index (χ4n) is 2.40. The van der Waals surface area contributed by atoms with E-state index < -0.39 is 5.54 Å². The summed E-state index contributed by atoms with van der Waals surface area (Å²) in [6, 6.07) is 2.96. The Balaban J connectivity index is 2.55. The van der Waals surface area contributed by atoms with Gasteiger partial charge in [0.2, 0.25) is 0 Å². The molecule has 1 aromatic rings. The molecule has 0 saturated heterocycles. The van der Waals surface area contributed by atoms with E-state index >= 15 is 0 Å². The third-order valence-corrected chi connectivity index (χ3v) is 3.32. The zero-order chi connectivity index (χ0) is 11.1. The van der Waals surface area contributed by atoms with Crippen LogP contribution in [0.25, 0.3) is 0 Å². The van der Waals surface area contributed by atoms with Crippen molar-refractivity contribution in [3.8, 4) is 5.75 Å². The second kappa shape index (κ2) is 3.49. The van der Waals surface area contributed by atoms with Crippen LogP contribution in [0.15, 0.2) is 12.1 Å². The Hall–Kier alpha value is -1.09. The van der Waals surface area contributed by atoms with Gasteiger partial charge in [-0.25, -0.2) is 4.39 Å². The van der Waals surface area contributed by atoms with Gasteiger partial charge in [-0.15, -0.1) is 0 Å². The van der Waals surface area contributed by atoms with Crippen LogP contribution < -0.4 is 5.73 Å². The summed E-state index contributed by atoms with van der Waals surface area (Å²) in [7, 11) is 0. The van der Waals surface area contributed by atoms with Crippen LogP contribution in [0.4, 0.5) is 4.39 Å². The molecule has 3 heteroatoms. The fourth-order valence-corrected chi connectivity index (χ4v) is 2.40. The van der Waals surface area contributed by atoms with Crippen molar-refractivity contribution >= 4 is 0 Å². The van der Waals surface area contributed by atoms with Gasteiger partial charge in [0.1, 0.15) is 11.6 Å². The molecule has 0 radical (unpaired) electrons. The molecule has 0 spiro atoms. The summed E-state index contributed by atoms with van der Waals surface area (Å²) in [6.45, 7) is 1.76. The summed E-state index contributed by atoms with van der Waals surface area (Å²) in [4.78, 5) is 0. The number of nitrogens with two attached hydrogens (primary N) is 1. The van der Waals surface area contributed by atoms with Crippen molar-refractivity contribution in [3.63, 3.8) is 0 Å².